The molecule has 19 heavy (non-hydrogen) atoms. The normalized spacial score (nSPS) is 27.3. The Labute approximate surface area is 115 Å². The molecule has 2 unspecified atom stereocenters. The van der Waals surface area contributed by atoms with Crippen molar-refractivity contribution < 1.29 is 5.11 Å². The Bertz CT molecular complexity index is 435. The molecule has 0 aromatic carbocycles. The van der Waals surface area contributed by atoms with Gasteiger partial charge in [0, 0.05) is 11.8 Å². The van der Waals surface area contributed by atoms with E-state index in [-0.39, 0.29) is 12.1 Å². The average Bonchev–Trinajstić information content (AvgIpc) is 2.38. The smallest absolute Gasteiger partial charge is 0.130 e. The zero-order valence-corrected chi connectivity index (χ0v) is 12.2. The minimum absolute atomic E-state index is 0.169. The third kappa shape index (κ3) is 3.44. The van der Waals surface area contributed by atoms with Gasteiger partial charge in [-0.05, 0) is 32.1 Å². The van der Waals surface area contributed by atoms with E-state index < -0.39 is 0 Å². The van der Waals surface area contributed by atoms with E-state index in [1.165, 1.54) is 12.8 Å². The molecule has 1 aliphatic carbocycles. The molecule has 1 aromatic rings. The van der Waals surface area contributed by atoms with Crippen molar-refractivity contribution in [2.45, 2.75) is 58.4 Å². The predicted octanol–water partition coefficient (Wildman–Crippen LogP) is 2.70. The first-order valence-electron chi connectivity index (χ1n) is 7.30. The molecule has 2 N–H and O–H groups in total. The van der Waals surface area contributed by atoms with Gasteiger partial charge in [-0.2, -0.15) is 0 Å². The molecule has 106 valence electrons. The highest BCUT2D eigenvalue weighted by Gasteiger charge is 2.34. The number of aryl methyl sites for hydroxylation is 2. The van der Waals surface area contributed by atoms with Gasteiger partial charge in [-0.15, -0.1) is 0 Å². The zero-order valence-electron chi connectivity index (χ0n) is 12.2. The Kier molecular flexibility index (Phi) is 4.40. The molecular weight excluding hydrogens is 238 g/mol. The molecular formula is C15H25N3O. The summed E-state index contributed by atoms with van der Waals surface area (Å²) in [5.41, 5.74) is 0.843. The van der Waals surface area contributed by atoms with Crippen LogP contribution < -0.4 is 5.32 Å². The van der Waals surface area contributed by atoms with Crippen LogP contribution in [0.25, 0.3) is 0 Å². The van der Waals surface area contributed by atoms with Crippen LogP contribution in [0.1, 0.15) is 51.0 Å². The van der Waals surface area contributed by atoms with E-state index in [9.17, 15) is 5.11 Å². The molecule has 0 radical (unpaired) electrons. The first-order valence-corrected chi connectivity index (χ1v) is 7.30. The molecule has 2 rings (SSSR count). The van der Waals surface area contributed by atoms with Crippen LogP contribution in [0, 0.1) is 12.8 Å². The summed E-state index contributed by atoms with van der Waals surface area (Å²) in [5, 5.41) is 13.3. The van der Waals surface area contributed by atoms with Gasteiger partial charge in [-0.3, -0.25) is 0 Å². The first kappa shape index (κ1) is 14.3. The largest absolute Gasteiger partial charge is 0.394 e. The van der Waals surface area contributed by atoms with Crippen LogP contribution in [0.2, 0.25) is 0 Å². The van der Waals surface area contributed by atoms with E-state index in [0.29, 0.717) is 5.92 Å². The summed E-state index contributed by atoms with van der Waals surface area (Å²) < 4.78 is 0. The van der Waals surface area contributed by atoms with Crippen molar-refractivity contribution in [1.29, 1.82) is 0 Å². The van der Waals surface area contributed by atoms with Crippen molar-refractivity contribution in [1.82, 2.24) is 9.97 Å². The Balaban J connectivity index is 2.20. The fourth-order valence-corrected chi connectivity index (χ4v) is 3.10. The maximum absolute atomic E-state index is 9.81. The fourth-order valence-electron chi connectivity index (χ4n) is 3.10. The number of aliphatic hydroxyl groups is 1. The number of nitrogens with zero attached hydrogens (tertiary/aromatic N) is 2. The molecule has 4 heteroatoms. The van der Waals surface area contributed by atoms with Crippen molar-refractivity contribution in [2.24, 2.45) is 5.92 Å². The van der Waals surface area contributed by atoms with E-state index in [4.69, 9.17) is 0 Å². The van der Waals surface area contributed by atoms with Crippen molar-refractivity contribution in [3.8, 4) is 0 Å². The molecule has 1 heterocycles. The Hall–Kier alpha value is -1.16. The number of hydrogen-bond acceptors (Lipinski definition) is 4. The third-order valence-corrected chi connectivity index (χ3v) is 4.04. The Morgan fingerprint density at radius 1 is 1.47 bits per heavy atom. The highest BCUT2D eigenvalue weighted by atomic mass is 16.3. The van der Waals surface area contributed by atoms with Crippen LogP contribution in [-0.4, -0.2) is 27.2 Å². The first-order chi connectivity index (χ1) is 9.07. The van der Waals surface area contributed by atoms with Crippen molar-refractivity contribution in [3.63, 3.8) is 0 Å². The topological polar surface area (TPSA) is 58.0 Å². The minimum atomic E-state index is -0.205. The highest BCUT2D eigenvalue weighted by Crippen LogP contribution is 2.34. The maximum Gasteiger partial charge on any atom is 0.130 e. The van der Waals surface area contributed by atoms with Crippen molar-refractivity contribution >= 4 is 5.82 Å². The average molecular weight is 263 g/mol. The second-order valence-corrected chi connectivity index (χ2v) is 5.91. The van der Waals surface area contributed by atoms with Gasteiger partial charge in [0.2, 0.25) is 0 Å². The summed E-state index contributed by atoms with van der Waals surface area (Å²) in [6, 6.07) is 2.00. The summed E-state index contributed by atoms with van der Waals surface area (Å²) in [5.74, 6) is 2.30. The molecule has 0 aliphatic heterocycles. The molecule has 0 saturated heterocycles. The van der Waals surface area contributed by atoms with E-state index in [2.05, 4.69) is 29.1 Å². The summed E-state index contributed by atoms with van der Waals surface area (Å²) in [6.07, 6.45) is 5.35. The summed E-state index contributed by atoms with van der Waals surface area (Å²) in [7, 11) is 0. The van der Waals surface area contributed by atoms with Gasteiger partial charge in [0.15, 0.2) is 0 Å². The van der Waals surface area contributed by atoms with E-state index in [1.54, 1.807) is 0 Å². The van der Waals surface area contributed by atoms with E-state index in [0.717, 1.165) is 36.6 Å². The zero-order chi connectivity index (χ0) is 13.9. The quantitative estimate of drug-likeness (QED) is 0.877. The second-order valence-electron chi connectivity index (χ2n) is 5.91. The lowest BCUT2D eigenvalue weighted by atomic mass is 9.77. The van der Waals surface area contributed by atoms with Gasteiger partial charge >= 0.3 is 0 Å². The molecule has 2 atom stereocenters. The summed E-state index contributed by atoms with van der Waals surface area (Å²) >= 11 is 0. The third-order valence-electron chi connectivity index (χ3n) is 4.04. The SMILES string of the molecule is CCc1cc(NC2(CO)CCCC(C)C2)nc(C)n1. The van der Waals surface area contributed by atoms with Crippen LogP contribution in [0.3, 0.4) is 0 Å². The molecule has 1 aromatic heterocycles. The summed E-state index contributed by atoms with van der Waals surface area (Å²) in [4.78, 5) is 8.86. The second kappa shape index (κ2) is 5.87. The number of rotatable bonds is 4. The minimum Gasteiger partial charge on any atom is -0.394 e. The number of anilines is 1. The molecule has 0 amide bonds. The molecule has 1 aliphatic rings. The molecule has 0 spiro atoms. The number of aromatic nitrogens is 2. The molecule has 0 bridgehead atoms. The van der Waals surface area contributed by atoms with Gasteiger partial charge in [-0.1, -0.05) is 26.7 Å². The van der Waals surface area contributed by atoms with Crippen LogP contribution in [0.4, 0.5) is 5.82 Å². The van der Waals surface area contributed by atoms with Gasteiger partial charge in [0.1, 0.15) is 11.6 Å². The lowest BCUT2D eigenvalue weighted by Gasteiger charge is -2.39. The molecule has 1 saturated carbocycles. The van der Waals surface area contributed by atoms with Crippen molar-refractivity contribution in [3.05, 3.63) is 17.6 Å². The van der Waals surface area contributed by atoms with Crippen LogP contribution in [0.15, 0.2) is 6.07 Å². The van der Waals surface area contributed by atoms with Crippen molar-refractivity contribution in [2.75, 3.05) is 11.9 Å². The van der Waals surface area contributed by atoms with E-state index >= 15 is 0 Å². The van der Waals surface area contributed by atoms with Gasteiger partial charge in [-0.25, -0.2) is 9.97 Å². The van der Waals surface area contributed by atoms with Gasteiger partial charge < -0.3 is 10.4 Å². The summed E-state index contributed by atoms with van der Waals surface area (Å²) in [6.45, 7) is 6.44. The molecule has 1 fully saturated rings. The van der Waals surface area contributed by atoms with Crippen LogP contribution >= 0.6 is 0 Å². The van der Waals surface area contributed by atoms with Gasteiger partial charge in [0.25, 0.3) is 0 Å². The number of hydrogen-bond donors (Lipinski definition) is 2. The lowest BCUT2D eigenvalue weighted by Crippen LogP contribution is -2.46. The number of aliphatic hydroxyl groups excluding tert-OH is 1. The van der Waals surface area contributed by atoms with Crippen LogP contribution in [-0.2, 0) is 6.42 Å². The fraction of sp³-hybridized carbons (Fsp3) is 0.733. The van der Waals surface area contributed by atoms with Crippen LogP contribution in [0.5, 0.6) is 0 Å². The highest BCUT2D eigenvalue weighted by molar-refractivity contribution is 5.39. The molecule has 4 nitrogen and oxygen atoms in total. The maximum atomic E-state index is 9.81. The predicted molar refractivity (Wildman–Crippen MR) is 77.2 cm³/mol. The van der Waals surface area contributed by atoms with E-state index in [1.807, 2.05) is 13.0 Å². The monoisotopic (exact) mass is 263 g/mol. The lowest BCUT2D eigenvalue weighted by molar-refractivity contribution is 0.149. The number of nitrogens with one attached hydrogen (secondary N) is 1. The van der Waals surface area contributed by atoms with Gasteiger partial charge in [0.05, 0.1) is 12.1 Å². The Morgan fingerprint density at radius 2 is 2.26 bits per heavy atom. The standard InChI is InChI=1S/C15H25N3O/c1-4-13-8-14(17-12(3)16-13)18-15(10-19)7-5-6-11(2)9-15/h8,11,19H,4-7,9-10H2,1-3H3,(H,16,17,18). The Morgan fingerprint density at radius 3 is 2.89 bits per heavy atom.